The number of aromatic nitrogens is 2. The molecule has 1 aromatic carbocycles. The second-order valence-electron chi connectivity index (χ2n) is 5.94. The molecule has 3 rings (SSSR count). The molecular weight excluding hydrogens is 306 g/mol. The molecule has 0 amide bonds. The lowest BCUT2D eigenvalue weighted by Crippen LogP contribution is -2.25. The van der Waals surface area contributed by atoms with Gasteiger partial charge < -0.3 is 9.64 Å². The van der Waals surface area contributed by atoms with Crippen molar-refractivity contribution in [2.24, 2.45) is 0 Å². The Bertz CT molecular complexity index is 663. The Kier molecular flexibility index (Phi) is 5.41. The van der Waals surface area contributed by atoms with Gasteiger partial charge in [0.15, 0.2) is 0 Å². The third kappa shape index (κ3) is 3.98. The van der Waals surface area contributed by atoms with Gasteiger partial charge in [0.2, 0.25) is 0 Å². The summed E-state index contributed by atoms with van der Waals surface area (Å²) < 4.78 is 14.8. The van der Waals surface area contributed by atoms with Crippen molar-refractivity contribution in [3.8, 4) is 17.0 Å². The van der Waals surface area contributed by atoms with Crippen LogP contribution >= 0.6 is 11.7 Å². The minimum Gasteiger partial charge on any atom is -0.494 e. The minimum atomic E-state index is 0.776. The highest BCUT2D eigenvalue weighted by molar-refractivity contribution is 6.99. The molecule has 4 nitrogen and oxygen atoms in total. The van der Waals surface area contributed by atoms with E-state index in [0.29, 0.717) is 0 Å². The van der Waals surface area contributed by atoms with Crippen LogP contribution in [-0.2, 0) is 0 Å². The normalized spacial score (nSPS) is 15.5. The van der Waals surface area contributed by atoms with E-state index in [0.717, 1.165) is 61.7 Å². The van der Waals surface area contributed by atoms with E-state index >= 15 is 0 Å². The van der Waals surface area contributed by atoms with Gasteiger partial charge in [-0.2, -0.15) is 8.75 Å². The largest absolute Gasteiger partial charge is 0.494 e. The third-order valence-corrected chi connectivity index (χ3v) is 4.56. The van der Waals surface area contributed by atoms with Gasteiger partial charge in [-0.25, -0.2) is 0 Å². The summed E-state index contributed by atoms with van der Waals surface area (Å²) in [5.41, 5.74) is 4.40. The van der Waals surface area contributed by atoms with E-state index in [1.807, 2.05) is 12.1 Å². The molecule has 23 heavy (non-hydrogen) atoms. The van der Waals surface area contributed by atoms with Gasteiger partial charge in [0, 0.05) is 18.7 Å². The molecule has 0 unspecified atom stereocenters. The van der Waals surface area contributed by atoms with E-state index in [-0.39, 0.29) is 0 Å². The van der Waals surface area contributed by atoms with E-state index < -0.39 is 0 Å². The first-order chi connectivity index (χ1) is 11.3. The zero-order valence-corrected chi connectivity index (χ0v) is 14.6. The molecule has 0 radical (unpaired) electrons. The van der Waals surface area contributed by atoms with Gasteiger partial charge in [-0.3, -0.25) is 0 Å². The van der Waals surface area contributed by atoms with E-state index in [1.165, 1.54) is 17.3 Å². The van der Waals surface area contributed by atoms with E-state index in [9.17, 15) is 0 Å². The number of ether oxygens (including phenoxy) is 1. The molecule has 122 valence electrons. The first kappa shape index (κ1) is 16.1. The van der Waals surface area contributed by atoms with Crippen LogP contribution in [0.3, 0.4) is 0 Å². The van der Waals surface area contributed by atoms with E-state index in [4.69, 9.17) is 4.74 Å². The molecule has 0 atom stereocenters. The van der Waals surface area contributed by atoms with Gasteiger partial charge in [0.25, 0.3) is 0 Å². The number of nitrogens with zero attached hydrogens (tertiary/aromatic N) is 3. The Morgan fingerprint density at radius 3 is 2.70 bits per heavy atom. The standard InChI is InChI=1S/C18H23N3OS/c1-3-4-12-22-16-9-7-14(8-10-16)17-18(20-23-19-17)15-6-5-11-21(2)13-15/h6-10H,3-5,11-13H2,1-2H3. The zero-order valence-electron chi connectivity index (χ0n) is 13.8. The predicted octanol–water partition coefficient (Wildman–Crippen LogP) is 4.10. The van der Waals surface area contributed by atoms with Crippen molar-refractivity contribution >= 4 is 17.3 Å². The van der Waals surface area contributed by atoms with Crippen molar-refractivity contribution in [1.29, 1.82) is 0 Å². The monoisotopic (exact) mass is 329 g/mol. The average molecular weight is 329 g/mol. The van der Waals surface area contributed by atoms with Crippen molar-refractivity contribution in [2.75, 3.05) is 26.7 Å². The van der Waals surface area contributed by atoms with Gasteiger partial charge in [-0.15, -0.1) is 0 Å². The molecule has 0 N–H and O–H groups in total. The van der Waals surface area contributed by atoms with Crippen molar-refractivity contribution in [3.05, 3.63) is 36.0 Å². The van der Waals surface area contributed by atoms with E-state index in [1.54, 1.807) is 0 Å². The maximum absolute atomic E-state index is 5.73. The van der Waals surface area contributed by atoms with Crippen molar-refractivity contribution in [1.82, 2.24) is 13.6 Å². The van der Waals surface area contributed by atoms with Crippen LogP contribution < -0.4 is 4.74 Å². The Balaban J connectivity index is 1.77. The average Bonchev–Trinajstić information content (AvgIpc) is 3.05. The number of hydrogen-bond donors (Lipinski definition) is 0. The Morgan fingerprint density at radius 2 is 1.96 bits per heavy atom. The van der Waals surface area contributed by atoms with Crippen LogP contribution in [0.4, 0.5) is 0 Å². The maximum Gasteiger partial charge on any atom is 0.119 e. The Hall–Kier alpha value is -1.72. The summed E-state index contributed by atoms with van der Waals surface area (Å²) >= 11 is 1.29. The highest BCUT2D eigenvalue weighted by atomic mass is 32.1. The second-order valence-corrected chi connectivity index (χ2v) is 6.47. The topological polar surface area (TPSA) is 38.3 Å². The number of benzene rings is 1. The van der Waals surface area contributed by atoms with Crippen LogP contribution in [0.25, 0.3) is 16.8 Å². The molecule has 0 saturated heterocycles. The van der Waals surface area contributed by atoms with Gasteiger partial charge in [-0.05, 0) is 49.7 Å². The summed E-state index contributed by atoms with van der Waals surface area (Å²) in [6.07, 6.45) is 5.61. The quantitative estimate of drug-likeness (QED) is 0.748. The van der Waals surface area contributed by atoms with E-state index in [2.05, 4.69) is 45.8 Å². The second kappa shape index (κ2) is 7.70. The first-order valence-electron chi connectivity index (χ1n) is 8.21. The number of likely N-dealkylation sites (N-methyl/N-ethyl adjacent to an activating group) is 1. The highest BCUT2D eigenvalue weighted by Gasteiger charge is 2.18. The molecule has 1 aliphatic heterocycles. The predicted molar refractivity (Wildman–Crippen MR) is 95.8 cm³/mol. The van der Waals surface area contributed by atoms with Crippen LogP contribution in [-0.4, -0.2) is 40.4 Å². The van der Waals surface area contributed by atoms with Crippen LogP contribution in [0.15, 0.2) is 30.3 Å². The maximum atomic E-state index is 5.73. The molecule has 0 fully saturated rings. The molecule has 0 saturated carbocycles. The summed E-state index contributed by atoms with van der Waals surface area (Å²) in [6.45, 7) is 5.00. The minimum absolute atomic E-state index is 0.776. The summed E-state index contributed by atoms with van der Waals surface area (Å²) in [5.74, 6) is 0.920. The molecule has 2 heterocycles. The Morgan fingerprint density at radius 1 is 1.17 bits per heavy atom. The molecular formula is C18H23N3OS. The number of hydrogen-bond acceptors (Lipinski definition) is 5. The molecule has 0 spiro atoms. The Labute approximate surface area is 142 Å². The summed E-state index contributed by atoms with van der Waals surface area (Å²) in [5, 5.41) is 0. The van der Waals surface area contributed by atoms with Gasteiger partial charge >= 0.3 is 0 Å². The lowest BCUT2D eigenvalue weighted by Gasteiger charge is -2.22. The van der Waals surface area contributed by atoms with Crippen LogP contribution in [0, 0.1) is 0 Å². The molecule has 0 bridgehead atoms. The molecule has 0 aliphatic carbocycles. The van der Waals surface area contributed by atoms with Gasteiger partial charge in [-0.1, -0.05) is 19.4 Å². The fourth-order valence-electron chi connectivity index (χ4n) is 2.70. The smallest absolute Gasteiger partial charge is 0.119 e. The first-order valence-corrected chi connectivity index (χ1v) is 8.94. The molecule has 2 aromatic rings. The summed E-state index contributed by atoms with van der Waals surface area (Å²) in [7, 11) is 2.15. The molecule has 5 heteroatoms. The zero-order chi connectivity index (χ0) is 16.1. The van der Waals surface area contributed by atoms with Crippen LogP contribution in [0.1, 0.15) is 31.9 Å². The summed E-state index contributed by atoms with van der Waals surface area (Å²) in [4.78, 5) is 2.32. The molecule has 1 aliphatic rings. The SMILES string of the molecule is CCCCOc1ccc(-c2nsnc2C2=CCCN(C)C2)cc1. The van der Waals surface area contributed by atoms with Crippen molar-refractivity contribution in [3.63, 3.8) is 0 Å². The van der Waals surface area contributed by atoms with Crippen LogP contribution in [0.2, 0.25) is 0 Å². The fourth-order valence-corrected chi connectivity index (χ4v) is 3.30. The van der Waals surface area contributed by atoms with Gasteiger partial charge in [0.05, 0.1) is 18.3 Å². The number of unbranched alkanes of at least 4 members (excludes halogenated alkanes) is 1. The fraction of sp³-hybridized carbons (Fsp3) is 0.444. The van der Waals surface area contributed by atoms with Crippen molar-refractivity contribution in [2.45, 2.75) is 26.2 Å². The van der Waals surface area contributed by atoms with Crippen molar-refractivity contribution < 1.29 is 4.74 Å². The summed E-state index contributed by atoms with van der Waals surface area (Å²) in [6, 6.07) is 8.20. The number of rotatable bonds is 6. The van der Waals surface area contributed by atoms with Gasteiger partial charge in [0.1, 0.15) is 17.1 Å². The van der Waals surface area contributed by atoms with Crippen LogP contribution in [0.5, 0.6) is 5.75 Å². The third-order valence-electron chi connectivity index (χ3n) is 4.03. The highest BCUT2D eigenvalue weighted by Crippen LogP contribution is 2.30. The molecule has 1 aromatic heterocycles. The lowest BCUT2D eigenvalue weighted by molar-refractivity contribution is 0.309. The lowest BCUT2D eigenvalue weighted by atomic mass is 10.0.